The predicted molar refractivity (Wildman–Crippen MR) is 58.2 cm³/mol. The van der Waals surface area contributed by atoms with Gasteiger partial charge in [0.2, 0.25) is 0 Å². The van der Waals surface area contributed by atoms with E-state index in [-0.39, 0.29) is 0 Å². The van der Waals surface area contributed by atoms with Crippen LogP contribution in [0.4, 0.5) is 0 Å². The Morgan fingerprint density at radius 3 is 2.69 bits per heavy atom. The standard InChI is InChI=1S/C10H14BrNO/c1-7-4-5-8(6-12-2)9(11)10(7)13-3/h4-5,12H,6H2,1-3H3. The molecular weight excluding hydrogens is 230 g/mol. The first-order valence-electron chi connectivity index (χ1n) is 4.17. The maximum atomic E-state index is 5.29. The highest BCUT2D eigenvalue weighted by molar-refractivity contribution is 9.10. The van der Waals surface area contributed by atoms with Crippen molar-refractivity contribution in [2.45, 2.75) is 13.5 Å². The molecule has 0 spiro atoms. The van der Waals surface area contributed by atoms with Gasteiger partial charge >= 0.3 is 0 Å². The number of ether oxygens (including phenoxy) is 1. The summed E-state index contributed by atoms with van der Waals surface area (Å²) in [5, 5.41) is 3.11. The number of rotatable bonds is 3. The van der Waals surface area contributed by atoms with Crippen molar-refractivity contribution in [3.05, 3.63) is 27.7 Å². The van der Waals surface area contributed by atoms with Crippen LogP contribution in [-0.4, -0.2) is 14.2 Å². The summed E-state index contributed by atoms with van der Waals surface area (Å²) in [5.41, 5.74) is 2.36. The van der Waals surface area contributed by atoms with Crippen molar-refractivity contribution in [1.82, 2.24) is 5.32 Å². The van der Waals surface area contributed by atoms with Crippen molar-refractivity contribution in [2.24, 2.45) is 0 Å². The lowest BCUT2D eigenvalue weighted by Gasteiger charge is -2.11. The van der Waals surface area contributed by atoms with Crippen molar-refractivity contribution in [2.75, 3.05) is 14.2 Å². The highest BCUT2D eigenvalue weighted by atomic mass is 79.9. The van der Waals surface area contributed by atoms with Crippen LogP contribution in [0.5, 0.6) is 5.75 Å². The van der Waals surface area contributed by atoms with Crippen molar-refractivity contribution >= 4 is 15.9 Å². The molecule has 0 amide bonds. The average molecular weight is 244 g/mol. The average Bonchev–Trinajstić information content (AvgIpc) is 2.11. The van der Waals surface area contributed by atoms with Gasteiger partial charge < -0.3 is 10.1 Å². The van der Waals surface area contributed by atoms with E-state index >= 15 is 0 Å². The maximum Gasteiger partial charge on any atom is 0.136 e. The summed E-state index contributed by atoms with van der Waals surface area (Å²) >= 11 is 3.53. The molecule has 0 aliphatic heterocycles. The highest BCUT2D eigenvalue weighted by Gasteiger charge is 2.07. The molecule has 2 nitrogen and oxygen atoms in total. The largest absolute Gasteiger partial charge is 0.495 e. The zero-order valence-corrected chi connectivity index (χ0v) is 9.73. The number of hydrogen-bond donors (Lipinski definition) is 1. The van der Waals surface area contributed by atoms with Gasteiger partial charge in [-0.25, -0.2) is 0 Å². The molecular formula is C10H14BrNO. The van der Waals surface area contributed by atoms with E-state index in [2.05, 4.69) is 33.4 Å². The summed E-state index contributed by atoms with van der Waals surface area (Å²) in [6, 6.07) is 4.16. The Morgan fingerprint density at radius 2 is 2.15 bits per heavy atom. The Hall–Kier alpha value is -0.540. The van der Waals surface area contributed by atoms with Crippen LogP contribution in [0, 0.1) is 6.92 Å². The normalized spacial score (nSPS) is 10.2. The van der Waals surface area contributed by atoms with Gasteiger partial charge in [0.25, 0.3) is 0 Å². The highest BCUT2D eigenvalue weighted by Crippen LogP contribution is 2.31. The van der Waals surface area contributed by atoms with Crippen LogP contribution in [0.2, 0.25) is 0 Å². The quantitative estimate of drug-likeness (QED) is 0.881. The lowest BCUT2D eigenvalue weighted by Crippen LogP contribution is -2.06. The second-order valence-corrected chi connectivity index (χ2v) is 3.71. The van der Waals surface area contributed by atoms with Crippen LogP contribution in [0.3, 0.4) is 0 Å². The summed E-state index contributed by atoms with van der Waals surface area (Å²) in [6.07, 6.45) is 0. The molecule has 0 atom stereocenters. The van der Waals surface area contributed by atoms with Crippen LogP contribution < -0.4 is 10.1 Å². The molecule has 1 rings (SSSR count). The number of nitrogens with one attached hydrogen (secondary N) is 1. The summed E-state index contributed by atoms with van der Waals surface area (Å²) in [7, 11) is 3.62. The van der Waals surface area contributed by atoms with Gasteiger partial charge in [0.15, 0.2) is 0 Å². The molecule has 0 bridgehead atoms. The molecule has 1 aromatic rings. The van der Waals surface area contributed by atoms with Gasteiger partial charge in [-0.2, -0.15) is 0 Å². The monoisotopic (exact) mass is 243 g/mol. The van der Waals surface area contributed by atoms with Gasteiger partial charge in [-0.15, -0.1) is 0 Å². The molecule has 0 fully saturated rings. The van der Waals surface area contributed by atoms with E-state index < -0.39 is 0 Å². The van der Waals surface area contributed by atoms with Gasteiger partial charge in [0.1, 0.15) is 5.75 Å². The molecule has 0 saturated heterocycles. The number of benzene rings is 1. The van der Waals surface area contributed by atoms with E-state index in [1.165, 1.54) is 5.56 Å². The van der Waals surface area contributed by atoms with E-state index in [1.54, 1.807) is 7.11 Å². The maximum absolute atomic E-state index is 5.29. The Balaban J connectivity index is 3.11. The van der Waals surface area contributed by atoms with Crippen LogP contribution >= 0.6 is 15.9 Å². The number of methoxy groups -OCH3 is 1. The first-order valence-corrected chi connectivity index (χ1v) is 4.96. The number of aryl methyl sites for hydroxylation is 1. The summed E-state index contributed by atoms with van der Waals surface area (Å²) < 4.78 is 6.33. The number of hydrogen-bond acceptors (Lipinski definition) is 2. The Kier molecular flexibility index (Phi) is 3.75. The zero-order valence-electron chi connectivity index (χ0n) is 8.15. The van der Waals surface area contributed by atoms with Crippen LogP contribution in [0.25, 0.3) is 0 Å². The van der Waals surface area contributed by atoms with E-state index in [0.29, 0.717) is 0 Å². The third-order valence-electron chi connectivity index (χ3n) is 1.95. The third kappa shape index (κ3) is 2.23. The predicted octanol–water partition coefficient (Wildman–Crippen LogP) is 2.49. The molecule has 3 heteroatoms. The van der Waals surface area contributed by atoms with E-state index in [4.69, 9.17) is 4.74 Å². The molecule has 0 unspecified atom stereocenters. The fourth-order valence-electron chi connectivity index (χ4n) is 1.27. The summed E-state index contributed by atoms with van der Waals surface area (Å²) in [5.74, 6) is 0.924. The smallest absolute Gasteiger partial charge is 0.136 e. The van der Waals surface area contributed by atoms with Crippen molar-refractivity contribution < 1.29 is 4.74 Å². The molecule has 0 aliphatic carbocycles. The molecule has 1 aromatic carbocycles. The van der Waals surface area contributed by atoms with Gasteiger partial charge in [-0.3, -0.25) is 0 Å². The molecule has 0 saturated carbocycles. The second-order valence-electron chi connectivity index (χ2n) is 2.92. The van der Waals surface area contributed by atoms with E-state index in [1.807, 2.05) is 14.0 Å². The van der Waals surface area contributed by atoms with Gasteiger partial charge in [-0.05, 0) is 41.0 Å². The Bertz CT molecular complexity index is 299. The minimum Gasteiger partial charge on any atom is -0.495 e. The van der Waals surface area contributed by atoms with E-state index in [0.717, 1.165) is 22.3 Å². The van der Waals surface area contributed by atoms with Crippen molar-refractivity contribution in [3.63, 3.8) is 0 Å². The molecule has 0 heterocycles. The zero-order chi connectivity index (χ0) is 9.84. The number of halogens is 1. The Morgan fingerprint density at radius 1 is 1.46 bits per heavy atom. The van der Waals surface area contributed by atoms with Gasteiger partial charge in [-0.1, -0.05) is 12.1 Å². The SMILES string of the molecule is CNCc1ccc(C)c(OC)c1Br. The topological polar surface area (TPSA) is 21.3 Å². The van der Waals surface area contributed by atoms with Crippen molar-refractivity contribution in [1.29, 1.82) is 0 Å². The molecule has 72 valence electrons. The fourth-order valence-corrected chi connectivity index (χ4v) is 2.02. The molecule has 1 N–H and O–H groups in total. The first kappa shape index (κ1) is 10.5. The first-order chi connectivity index (χ1) is 6.20. The summed E-state index contributed by atoms with van der Waals surface area (Å²) in [6.45, 7) is 2.88. The van der Waals surface area contributed by atoms with E-state index in [9.17, 15) is 0 Å². The van der Waals surface area contributed by atoms with Crippen LogP contribution in [0.1, 0.15) is 11.1 Å². The van der Waals surface area contributed by atoms with Crippen molar-refractivity contribution in [3.8, 4) is 5.75 Å². The molecule has 0 aromatic heterocycles. The second kappa shape index (κ2) is 4.63. The molecule has 13 heavy (non-hydrogen) atoms. The summed E-state index contributed by atoms with van der Waals surface area (Å²) in [4.78, 5) is 0. The minimum absolute atomic E-state index is 0.844. The Labute approximate surface area is 87.4 Å². The molecule has 0 radical (unpaired) electrons. The van der Waals surface area contributed by atoms with Gasteiger partial charge in [0.05, 0.1) is 11.6 Å². The third-order valence-corrected chi connectivity index (χ3v) is 2.81. The lowest BCUT2D eigenvalue weighted by molar-refractivity contribution is 0.408. The lowest BCUT2D eigenvalue weighted by atomic mass is 10.1. The van der Waals surface area contributed by atoms with Crippen LogP contribution in [0.15, 0.2) is 16.6 Å². The minimum atomic E-state index is 0.844. The van der Waals surface area contributed by atoms with Gasteiger partial charge in [0, 0.05) is 6.54 Å². The van der Waals surface area contributed by atoms with Crippen LogP contribution in [-0.2, 0) is 6.54 Å². The fraction of sp³-hybridized carbons (Fsp3) is 0.400. The molecule has 0 aliphatic rings.